The van der Waals surface area contributed by atoms with Gasteiger partial charge >= 0.3 is 12.1 Å². The molecule has 0 bridgehead atoms. The van der Waals surface area contributed by atoms with Crippen LogP contribution >= 0.6 is 0 Å². The maximum atomic E-state index is 15.7. The number of carboxylic acid groups (broad SMARTS) is 1. The van der Waals surface area contributed by atoms with Gasteiger partial charge in [0.2, 0.25) is 17.2 Å². The lowest BCUT2D eigenvalue weighted by atomic mass is 10.0. The minimum Gasteiger partial charge on any atom is -0.492 e. The van der Waals surface area contributed by atoms with E-state index in [-0.39, 0.29) is 34.9 Å². The van der Waals surface area contributed by atoms with Crippen LogP contribution in [0, 0.1) is 5.82 Å². The Balaban J connectivity index is 1.48. The lowest BCUT2D eigenvalue weighted by Gasteiger charge is -2.33. The number of halogens is 2. The van der Waals surface area contributed by atoms with Crippen LogP contribution in [-0.4, -0.2) is 78.0 Å². The van der Waals surface area contributed by atoms with Crippen LogP contribution in [0.5, 0.6) is 5.75 Å². The number of fused-ring (bicyclic) bond motifs is 1. The molecule has 1 aliphatic heterocycles. The summed E-state index contributed by atoms with van der Waals surface area (Å²) in [6, 6.07) is -1.11. The number of anilines is 1. The van der Waals surface area contributed by atoms with Crippen LogP contribution in [0.15, 0.2) is 28.5 Å². The number of carbonyl (C=O) groups excluding carboxylic acids is 3. The summed E-state index contributed by atoms with van der Waals surface area (Å²) in [6.45, 7) is 7.72. The van der Waals surface area contributed by atoms with Crippen LogP contribution < -0.4 is 31.0 Å². The van der Waals surface area contributed by atoms with Crippen molar-refractivity contribution in [2.24, 2.45) is 0 Å². The molecule has 2 atom stereocenters. The first-order valence-electron chi connectivity index (χ1n) is 15.4. The van der Waals surface area contributed by atoms with Crippen molar-refractivity contribution in [2.75, 3.05) is 31.6 Å². The number of carboxylic acids is 1. The van der Waals surface area contributed by atoms with E-state index >= 15 is 8.78 Å². The van der Waals surface area contributed by atoms with E-state index in [1.54, 1.807) is 30.2 Å². The lowest BCUT2D eigenvalue weighted by Crippen LogP contribution is -2.52. The van der Waals surface area contributed by atoms with E-state index in [9.17, 15) is 29.1 Å². The van der Waals surface area contributed by atoms with Crippen molar-refractivity contribution >= 4 is 40.5 Å². The molecule has 3 amide bonds. The zero-order valence-electron chi connectivity index (χ0n) is 27.3. The van der Waals surface area contributed by atoms with Gasteiger partial charge in [0.1, 0.15) is 34.8 Å². The number of ether oxygens (including phenoxy) is 2. The molecule has 47 heavy (non-hydrogen) atoms. The van der Waals surface area contributed by atoms with E-state index in [0.29, 0.717) is 25.0 Å². The average molecular weight is 662 g/mol. The van der Waals surface area contributed by atoms with Crippen molar-refractivity contribution in [1.82, 2.24) is 20.5 Å². The highest BCUT2D eigenvalue weighted by Crippen LogP contribution is 2.44. The molecule has 0 spiro atoms. The molecule has 2 aromatic rings. The van der Waals surface area contributed by atoms with Gasteiger partial charge in [-0.2, -0.15) is 0 Å². The van der Waals surface area contributed by atoms with Crippen LogP contribution in [-0.2, 0) is 14.3 Å². The van der Waals surface area contributed by atoms with E-state index < -0.39 is 70.7 Å². The monoisotopic (exact) mass is 661 g/mol. The van der Waals surface area contributed by atoms with Gasteiger partial charge in [-0.3, -0.25) is 14.4 Å². The van der Waals surface area contributed by atoms with Crippen molar-refractivity contribution in [1.29, 1.82) is 0 Å². The third kappa shape index (κ3) is 8.19. The number of nitrogens with one attached hydrogen (secondary N) is 3. The number of methoxy groups -OCH3 is 1. The number of rotatable bonds is 10. The van der Waals surface area contributed by atoms with Gasteiger partial charge in [-0.05, 0) is 71.9 Å². The molecule has 4 N–H and O–H groups in total. The van der Waals surface area contributed by atoms with Gasteiger partial charge in [0, 0.05) is 25.3 Å². The molecule has 1 saturated heterocycles. The number of carbonyl (C=O) groups is 4. The number of alkyl carbamates (subject to hydrolysis) is 1. The number of pyridine rings is 1. The Labute approximate surface area is 270 Å². The Morgan fingerprint density at radius 1 is 1.11 bits per heavy atom. The molecular weight excluding hydrogens is 620 g/mol. The second kappa shape index (κ2) is 14.0. The summed E-state index contributed by atoms with van der Waals surface area (Å²) in [5.41, 5.74) is -1.43. The number of amides is 3. The van der Waals surface area contributed by atoms with Gasteiger partial charge in [0.15, 0.2) is 11.6 Å². The van der Waals surface area contributed by atoms with Crippen LogP contribution in [0.1, 0.15) is 76.7 Å². The van der Waals surface area contributed by atoms with E-state index in [4.69, 9.17) is 9.47 Å². The van der Waals surface area contributed by atoms with Crippen molar-refractivity contribution < 1.29 is 42.5 Å². The second-order valence-corrected chi connectivity index (χ2v) is 12.8. The highest BCUT2D eigenvalue weighted by atomic mass is 19.1. The number of aromatic nitrogens is 1. The van der Waals surface area contributed by atoms with Gasteiger partial charge < -0.3 is 40.0 Å². The fraction of sp³-hybridized carbons (Fsp3) is 0.531. The molecule has 2 aliphatic rings. The van der Waals surface area contributed by atoms with Crippen molar-refractivity contribution in [2.45, 2.75) is 84.0 Å². The van der Waals surface area contributed by atoms with Crippen molar-refractivity contribution in [3.8, 4) is 5.75 Å². The summed E-state index contributed by atoms with van der Waals surface area (Å²) in [5.74, 6) is -4.10. The topological polar surface area (TPSA) is 168 Å². The predicted octanol–water partition coefficient (Wildman–Crippen LogP) is 3.54. The number of hydrogen-bond acceptors (Lipinski definition) is 8. The molecular formula is C32H41F2N5O8. The van der Waals surface area contributed by atoms with Crippen LogP contribution in [0.4, 0.5) is 19.3 Å². The van der Waals surface area contributed by atoms with Crippen LogP contribution in [0.3, 0.4) is 0 Å². The van der Waals surface area contributed by atoms with Gasteiger partial charge in [-0.1, -0.05) is 0 Å². The van der Waals surface area contributed by atoms with Crippen molar-refractivity contribution in [3.05, 3.63) is 45.3 Å². The van der Waals surface area contributed by atoms with E-state index in [1.165, 1.54) is 27.2 Å². The number of nitrogens with zero attached hydrogens (tertiary/aromatic N) is 2. The highest BCUT2D eigenvalue weighted by molar-refractivity contribution is 5.97. The molecule has 1 unspecified atom stereocenters. The smallest absolute Gasteiger partial charge is 0.408 e. The van der Waals surface area contributed by atoms with Gasteiger partial charge in [-0.25, -0.2) is 18.4 Å². The fourth-order valence-electron chi connectivity index (χ4n) is 5.40. The Morgan fingerprint density at radius 2 is 1.77 bits per heavy atom. The largest absolute Gasteiger partial charge is 0.492 e. The number of aromatic carboxylic acids is 1. The maximum Gasteiger partial charge on any atom is 0.408 e. The summed E-state index contributed by atoms with van der Waals surface area (Å²) in [7, 11) is 1.33. The SMILES string of the molecule is COc1c(N2CCCC(=C(F)CNC(=O)C(C)NC(=O)[C@H](C)NC(=O)OC(C)(C)C)C2)c(F)cc2c(=O)c(C(=O)O)cn(C3CC3)c12. The maximum absolute atomic E-state index is 15.7. The van der Waals surface area contributed by atoms with Gasteiger partial charge in [0.05, 0.1) is 24.6 Å². The molecule has 256 valence electrons. The first kappa shape index (κ1) is 35.2. The highest BCUT2D eigenvalue weighted by Gasteiger charge is 2.32. The van der Waals surface area contributed by atoms with E-state index in [1.807, 2.05) is 0 Å². The molecule has 13 nitrogen and oxygen atoms in total. The standard InChI is InChI=1S/C32H41F2N5O8/c1-16(36-29(42)17(2)37-31(45)47-32(3,4)5)28(41)35-13-23(34)18-8-7-11-38(14-18)25-22(33)12-20-24(27(25)46-6)39(19-9-10-19)15-21(26(20)40)30(43)44/h12,15-17,19H,7-11,13-14H2,1-6H3,(H,35,41)(H,36,42)(H,37,45)(H,43,44)/t16?,17-/m0/s1. The zero-order valence-corrected chi connectivity index (χ0v) is 27.3. The summed E-state index contributed by atoms with van der Waals surface area (Å²) < 4.78 is 43.6. The van der Waals surface area contributed by atoms with Crippen LogP contribution in [0.25, 0.3) is 10.9 Å². The average Bonchev–Trinajstić information content (AvgIpc) is 3.83. The Hall–Kier alpha value is -4.69. The van der Waals surface area contributed by atoms with Crippen LogP contribution in [0.2, 0.25) is 0 Å². The molecule has 15 heteroatoms. The minimum atomic E-state index is -1.41. The molecule has 1 saturated carbocycles. The quantitative estimate of drug-likeness (QED) is 0.298. The third-order valence-electron chi connectivity index (χ3n) is 7.86. The Kier molecular flexibility index (Phi) is 10.5. The summed E-state index contributed by atoms with van der Waals surface area (Å²) in [4.78, 5) is 63.4. The third-order valence-corrected chi connectivity index (χ3v) is 7.86. The van der Waals surface area contributed by atoms with Crippen molar-refractivity contribution in [3.63, 3.8) is 0 Å². The Morgan fingerprint density at radius 3 is 2.36 bits per heavy atom. The number of benzene rings is 1. The molecule has 1 aromatic carbocycles. The summed E-state index contributed by atoms with van der Waals surface area (Å²) in [6.07, 6.45) is 2.79. The van der Waals surface area contributed by atoms with Gasteiger partial charge in [-0.15, -0.1) is 0 Å². The Bertz CT molecular complexity index is 1680. The lowest BCUT2D eigenvalue weighted by molar-refractivity contribution is -0.129. The number of piperidine rings is 1. The zero-order chi connectivity index (χ0) is 34.8. The van der Waals surface area contributed by atoms with E-state index in [0.717, 1.165) is 18.9 Å². The normalized spacial score (nSPS) is 17.4. The summed E-state index contributed by atoms with van der Waals surface area (Å²) >= 11 is 0. The molecule has 0 radical (unpaired) electrons. The molecule has 1 aliphatic carbocycles. The second-order valence-electron chi connectivity index (χ2n) is 12.8. The van der Waals surface area contributed by atoms with E-state index in [2.05, 4.69) is 16.0 Å². The first-order chi connectivity index (χ1) is 22.0. The first-order valence-corrected chi connectivity index (χ1v) is 15.4. The molecule has 2 fully saturated rings. The molecule has 2 heterocycles. The van der Waals surface area contributed by atoms with Gasteiger partial charge in [0.25, 0.3) is 0 Å². The predicted molar refractivity (Wildman–Crippen MR) is 169 cm³/mol. The molecule has 1 aromatic heterocycles. The fourth-order valence-corrected chi connectivity index (χ4v) is 5.40. The minimum absolute atomic E-state index is 0.0244. The number of hydrogen-bond donors (Lipinski definition) is 4. The summed E-state index contributed by atoms with van der Waals surface area (Å²) in [5, 5.41) is 16.7. The molecule has 4 rings (SSSR count).